The van der Waals surface area contributed by atoms with Crippen LogP contribution in [-0.4, -0.2) is 52.2 Å². The first-order chi connectivity index (χ1) is 25.3. The minimum atomic E-state index is -4.72. The van der Waals surface area contributed by atoms with E-state index >= 15 is 0 Å². The number of hydrogen-bond acceptors (Lipinski definition) is 9. The number of amides is 2. The molecule has 0 radical (unpaired) electrons. The summed E-state index contributed by atoms with van der Waals surface area (Å²) in [5.74, 6) is -5.34. The highest BCUT2D eigenvalue weighted by Gasteiger charge is 2.31. The van der Waals surface area contributed by atoms with Gasteiger partial charge >= 0.3 is 6.18 Å². The van der Waals surface area contributed by atoms with Crippen LogP contribution in [0.3, 0.4) is 0 Å². The van der Waals surface area contributed by atoms with Gasteiger partial charge in [0.2, 0.25) is 18.0 Å². The largest absolute Gasteiger partial charge is 0.480 e. The van der Waals surface area contributed by atoms with Gasteiger partial charge in [-0.2, -0.15) is 18.2 Å². The van der Waals surface area contributed by atoms with E-state index in [0.717, 1.165) is 24.4 Å². The third kappa shape index (κ3) is 6.46. The lowest BCUT2D eigenvalue weighted by Gasteiger charge is -2.23. The molecule has 0 saturated heterocycles. The van der Waals surface area contributed by atoms with Gasteiger partial charge in [0, 0.05) is 44.6 Å². The number of aryl methyl sites for hydroxylation is 1. The van der Waals surface area contributed by atoms with E-state index in [1.165, 1.54) is 25.2 Å². The number of methoxy groups -OCH3 is 1. The van der Waals surface area contributed by atoms with Crippen LogP contribution in [0.1, 0.15) is 66.1 Å². The standard InChI is InChI=1S/C30H26F4N6O5/c1-29(2,28-37-14-44-40-28)39-24(41)20-11-16(13-36-26(20)43-4)18-12-19-22(25(42)35-3)23(15-5-7-17(31)8-6-15)45-27(19)38-21(18)9-10-30(32,33)34/h5-8,11-14H,9-10H2,1-4H3,(H,35,42)(H,39,41)/i1D3,2D3,4D3,14D. The summed E-state index contributed by atoms with van der Waals surface area (Å²) in [6, 6.07) is 6.70. The number of nitrogens with zero attached hydrogens (tertiary/aromatic N) is 4. The molecule has 1 aromatic carbocycles. The Hall–Kier alpha value is -5.34. The second kappa shape index (κ2) is 12.0. The number of rotatable bonds is 9. The number of alkyl halides is 3. The molecule has 0 aliphatic heterocycles. The van der Waals surface area contributed by atoms with Crippen LogP contribution in [0.25, 0.3) is 33.6 Å². The maximum Gasteiger partial charge on any atom is 0.389 e. The Kier molecular flexibility index (Phi) is 5.48. The summed E-state index contributed by atoms with van der Waals surface area (Å²) < 4.78 is 148. The number of hydrogen-bond donors (Lipinski definition) is 2. The van der Waals surface area contributed by atoms with E-state index in [0.29, 0.717) is 0 Å². The molecular formula is C30H26F4N6O5. The summed E-state index contributed by atoms with van der Waals surface area (Å²) >= 11 is 0. The molecule has 5 aromatic rings. The summed E-state index contributed by atoms with van der Waals surface area (Å²) in [7, 11) is -2.03. The van der Waals surface area contributed by atoms with Crippen molar-refractivity contribution in [2.24, 2.45) is 0 Å². The summed E-state index contributed by atoms with van der Waals surface area (Å²) in [6.07, 6.45) is -7.11. The van der Waals surface area contributed by atoms with Crippen molar-refractivity contribution in [3.05, 3.63) is 77.4 Å². The molecule has 0 aliphatic carbocycles. The normalized spacial score (nSPS) is 16.0. The molecule has 0 fully saturated rings. The van der Waals surface area contributed by atoms with Crippen molar-refractivity contribution < 1.29 is 54.5 Å². The zero-order valence-corrected chi connectivity index (χ0v) is 22.8. The lowest BCUT2D eigenvalue weighted by Crippen LogP contribution is -2.42. The fourth-order valence-corrected chi connectivity index (χ4v) is 4.35. The van der Waals surface area contributed by atoms with Gasteiger partial charge in [-0.25, -0.2) is 14.4 Å². The van der Waals surface area contributed by atoms with Crippen LogP contribution in [0, 0.1) is 5.82 Å². The van der Waals surface area contributed by atoms with Crippen molar-refractivity contribution >= 4 is 22.9 Å². The highest BCUT2D eigenvalue weighted by atomic mass is 19.4. The fourth-order valence-electron chi connectivity index (χ4n) is 4.35. The summed E-state index contributed by atoms with van der Waals surface area (Å²) in [5, 5.41) is 7.39. The predicted octanol–water partition coefficient (Wildman–Crippen LogP) is 5.61. The van der Waals surface area contributed by atoms with Crippen molar-refractivity contribution in [1.29, 1.82) is 0 Å². The molecule has 4 heterocycles. The highest BCUT2D eigenvalue weighted by molar-refractivity contribution is 6.11. The molecule has 0 spiro atoms. The van der Waals surface area contributed by atoms with Crippen LogP contribution < -0.4 is 15.4 Å². The Balaban J connectivity index is 1.78. The lowest BCUT2D eigenvalue weighted by atomic mass is 9.97. The summed E-state index contributed by atoms with van der Waals surface area (Å²) in [5.41, 5.74) is -5.57. The van der Waals surface area contributed by atoms with E-state index in [-0.39, 0.29) is 44.8 Å². The maximum absolute atomic E-state index is 14.0. The number of fused-ring (bicyclic) bond motifs is 1. The van der Waals surface area contributed by atoms with Gasteiger partial charge in [0.15, 0.2) is 5.82 Å². The highest BCUT2D eigenvalue weighted by Crippen LogP contribution is 2.38. The van der Waals surface area contributed by atoms with Crippen LogP contribution in [0.2, 0.25) is 0 Å². The zero-order chi connectivity index (χ0) is 40.9. The summed E-state index contributed by atoms with van der Waals surface area (Å²) in [6.45, 7) is -7.42. The molecule has 0 saturated carbocycles. The van der Waals surface area contributed by atoms with Crippen LogP contribution >= 0.6 is 0 Å². The van der Waals surface area contributed by atoms with E-state index < -0.39 is 86.6 Å². The molecule has 2 amide bonds. The number of carbonyl (C=O) groups is 2. The second-order valence-electron chi connectivity index (χ2n) is 9.43. The second-order valence-corrected chi connectivity index (χ2v) is 9.43. The van der Waals surface area contributed by atoms with Crippen molar-refractivity contribution in [2.45, 2.75) is 38.3 Å². The molecule has 0 aliphatic rings. The Bertz CT molecular complexity index is 2240. The van der Waals surface area contributed by atoms with Crippen LogP contribution in [0.4, 0.5) is 17.6 Å². The Morgan fingerprint density at radius 3 is 2.51 bits per heavy atom. The minimum Gasteiger partial charge on any atom is -0.480 e. The number of furan rings is 1. The number of pyridine rings is 2. The number of benzene rings is 1. The van der Waals surface area contributed by atoms with E-state index in [9.17, 15) is 27.2 Å². The van der Waals surface area contributed by atoms with Crippen molar-refractivity contribution in [3.63, 3.8) is 0 Å². The molecule has 2 N–H and O–H groups in total. The SMILES string of the molecule is [2H]c1nc(C(NC(=O)c2cc(-c3cc4c(C(=O)NC)c(-c5ccc(F)cc5)oc4nc3CCC(F)(F)F)cnc2OC([2H])([2H])[2H])(C([2H])([2H])[2H])C([2H])([2H])[2H])no1. The smallest absolute Gasteiger partial charge is 0.389 e. The molecule has 0 bridgehead atoms. The van der Waals surface area contributed by atoms with Crippen molar-refractivity contribution in [3.8, 4) is 28.3 Å². The molecule has 11 nitrogen and oxygen atoms in total. The average molecular weight is 637 g/mol. The molecule has 15 heteroatoms. The molecule has 0 atom stereocenters. The molecule has 234 valence electrons. The van der Waals surface area contributed by atoms with Crippen LogP contribution in [-0.2, 0) is 12.0 Å². The van der Waals surface area contributed by atoms with Crippen molar-refractivity contribution in [2.75, 3.05) is 14.1 Å². The van der Waals surface area contributed by atoms with Gasteiger partial charge in [-0.1, -0.05) is 5.16 Å². The average Bonchev–Trinajstić information content (AvgIpc) is 3.66. The minimum absolute atomic E-state index is 0.0784. The molecule has 45 heavy (non-hydrogen) atoms. The third-order valence-electron chi connectivity index (χ3n) is 6.43. The Morgan fingerprint density at radius 1 is 1.09 bits per heavy atom. The third-order valence-corrected chi connectivity index (χ3v) is 6.43. The van der Waals surface area contributed by atoms with Gasteiger partial charge < -0.3 is 24.3 Å². The molecule has 4 aromatic heterocycles. The van der Waals surface area contributed by atoms with Crippen LogP contribution in [0.5, 0.6) is 5.88 Å². The molecule has 5 rings (SSSR count). The van der Waals surface area contributed by atoms with E-state index in [2.05, 4.69) is 29.9 Å². The Labute approximate surface area is 267 Å². The predicted molar refractivity (Wildman–Crippen MR) is 152 cm³/mol. The van der Waals surface area contributed by atoms with Gasteiger partial charge in [0.1, 0.15) is 18.5 Å². The first kappa shape index (κ1) is 20.6. The van der Waals surface area contributed by atoms with Crippen molar-refractivity contribution in [1.82, 2.24) is 30.7 Å². The molecular weight excluding hydrogens is 600 g/mol. The number of halogens is 4. The van der Waals surface area contributed by atoms with Crippen LogP contribution in [0.15, 0.2) is 57.9 Å². The Morgan fingerprint density at radius 2 is 1.87 bits per heavy atom. The van der Waals surface area contributed by atoms with E-state index in [4.69, 9.17) is 22.9 Å². The van der Waals surface area contributed by atoms with Gasteiger partial charge in [-0.3, -0.25) is 9.59 Å². The number of carbonyl (C=O) groups excluding carboxylic acids is 2. The summed E-state index contributed by atoms with van der Waals surface area (Å²) in [4.78, 5) is 38.8. The first-order valence-corrected chi connectivity index (χ1v) is 12.7. The zero-order valence-electron chi connectivity index (χ0n) is 32.8. The van der Waals surface area contributed by atoms with E-state index in [1.807, 2.05) is 5.32 Å². The van der Waals surface area contributed by atoms with Gasteiger partial charge in [0.25, 0.3) is 11.8 Å². The van der Waals surface area contributed by atoms with Gasteiger partial charge in [-0.05, 0) is 56.5 Å². The topological polar surface area (TPSA) is 145 Å². The number of aromatic nitrogens is 4. The van der Waals surface area contributed by atoms with E-state index in [1.54, 1.807) is 0 Å². The quantitative estimate of drug-likeness (QED) is 0.197. The maximum atomic E-state index is 14.0. The molecule has 0 unspecified atom stereocenters. The number of ether oxygens (including phenoxy) is 1. The first-order valence-electron chi connectivity index (χ1n) is 17.7. The number of nitrogens with one attached hydrogen (secondary N) is 2. The van der Waals surface area contributed by atoms with Gasteiger partial charge in [0.05, 0.1) is 33.3 Å². The monoisotopic (exact) mass is 636 g/mol. The van der Waals surface area contributed by atoms with Gasteiger partial charge in [-0.15, -0.1) is 0 Å². The fraction of sp³-hybridized carbons (Fsp3) is 0.267. The lowest BCUT2D eigenvalue weighted by molar-refractivity contribution is -0.134.